The van der Waals surface area contributed by atoms with Crippen molar-refractivity contribution in [3.63, 3.8) is 0 Å². The van der Waals surface area contributed by atoms with Crippen molar-refractivity contribution in [2.45, 2.75) is 0 Å². The van der Waals surface area contributed by atoms with Crippen LogP contribution >= 0.6 is 0 Å². The van der Waals surface area contributed by atoms with E-state index >= 15 is 0 Å². The molecule has 0 fully saturated rings. The van der Waals surface area contributed by atoms with Crippen molar-refractivity contribution in [2.24, 2.45) is 0 Å². The number of benzene rings is 1. The predicted molar refractivity (Wildman–Crippen MR) is 74.5 cm³/mol. The Hall–Kier alpha value is -2.95. The number of para-hydroxylation sites is 1. The van der Waals surface area contributed by atoms with E-state index in [1.807, 2.05) is 30.3 Å². The Balaban J connectivity index is 2.17. The van der Waals surface area contributed by atoms with Gasteiger partial charge in [-0.15, -0.1) is 0 Å². The van der Waals surface area contributed by atoms with E-state index < -0.39 is 4.92 Å². The van der Waals surface area contributed by atoms with Crippen LogP contribution in [0.25, 0.3) is 16.5 Å². The Kier molecular flexibility index (Phi) is 3.01. The summed E-state index contributed by atoms with van der Waals surface area (Å²) in [7, 11) is 0. The van der Waals surface area contributed by atoms with Gasteiger partial charge in [-0.05, 0) is 24.3 Å². The number of nitro groups is 1. The Labute approximate surface area is 114 Å². The topological polar surface area (TPSA) is 69.2 Å². The van der Waals surface area contributed by atoms with E-state index in [0.717, 1.165) is 17.1 Å². The number of hydrogen-bond donors (Lipinski definition) is 0. The van der Waals surface area contributed by atoms with Crippen LogP contribution < -0.4 is 0 Å². The van der Waals surface area contributed by atoms with Crippen molar-refractivity contribution in [3.8, 4) is 0 Å². The zero-order valence-corrected chi connectivity index (χ0v) is 10.4. The highest BCUT2D eigenvalue weighted by Gasteiger charge is 2.14. The molecule has 2 aromatic heterocycles. The van der Waals surface area contributed by atoms with Crippen molar-refractivity contribution in [2.75, 3.05) is 0 Å². The molecule has 0 atom stereocenters. The van der Waals surface area contributed by atoms with Gasteiger partial charge in [0, 0.05) is 5.39 Å². The van der Waals surface area contributed by atoms with Gasteiger partial charge in [-0.1, -0.05) is 24.3 Å². The van der Waals surface area contributed by atoms with Crippen LogP contribution in [0.4, 0.5) is 0 Å². The first-order valence-corrected chi connectivity index (χ1v) is 5.99. The van der Waals surface area contributed by atoms with Gasteiger partial charge >= 0.3 is 0 Å². The SMILES string of the molecule is O=[N+]([O-])C=C(c1ccc2ccccc2n1)c1ccco1. The minimum Gasteiger partial charge on any atom is -0.464 e. The van der Waals surface area contributed by atoms with Gasteiger partial charge in [-0.3, -0.25) is 10.1 Å². The van der Waals surface area contributed by atoms with Crippen LogP contribution in [0.3, 0.4) is 0 Å². The van der Waals surface area contributed by atoms with Crippen LogP contribution in [-0.4, -0.2) is 9.91 Å². The summed E-state index contributed by atoms with van der Waals surface area (Å²) in [5, 5.41) is 11.8. The third kappa shape index (κ3) is 2.29. The molecule has 5 heteroatoms. The lowest BCUT2D eigenvalue weighted by atomic mass is 10.1. The fraction of sp³-hybridized carbons (Fsp3) is 0. The summed E-state index contributed by atoms with van der Waals surface area (Å²) >= 11 is 0. The highest BCUT2D eigenvalue weighted by Crippen LogP contribution is 2.24. The third-order valence-electron chi connectivity index (χ3n) is 2.90. The molecule has 0 saturated heterocycles. The molecule has 0 bridgehead atoms. The first-order chi connectivity index (χ1) is 9.74. The summed E-state index contributed by atoms with van der Waals surface area (Å²) in [4.78, 5) is 14.7. The van der Waals surface area contributed by atoms with Gasteiger partial charge in [0.15, 0.2) is 0 Å². The van der Waals surface area contributed by atoms with E-state index in [1.54, 1.807) is 18.2 Å². The number of furan rings is 1. The highest BCUT2D eigenvalue weighted by atomic mass is 16.6. The quantitative estimate of drug-likeness (QED) is 0.537. The summed E-state index contributed by atoms with van der Waals surface area (Å²) in [6.07, 6.45) is 2.39. The molecule has 3 aromatic rings. The minimum atomic E-state index is -0.505. The molecule has 0 spiro atoms. The molecule has 0 saturated carbocycles. The average molecular weight is 266 g/mol. The van der Waals surface area contributed by atoms with Crippen molar-refractivity contribution in [1.82, 2.24) is 4.98 Å². The highest BCUT2D eigenvalue weighted by molar-refractivity contribution is 5.83. The fourth-order valence-corrected chi connectivity index (χ4v) is 2.01. The molecule has 0 aliphatic carbocycles. The molecule has 5 nitrogen and oxygen atoms in total. The van der Waals surface area contributed by atoms with Crippen LogP contribution in [0.2, 0.25) is 0 Å². The van der Waals surface area contributed by atoms with Crippen molar-refractivity contribution >= 4 is 16.5 Å². The lowest BCUT2D eigenvalue weighted by Crippen LogP contribution is -1.95. The molecular formula is C15H10N2O3. The summed E-state index contributed by atoms with van der Waals surface area (Å²) in [5.41, 5.74) is 1.65. The monoisotopic (exact) mass is 266 g/mol. The Bertz CT molecular complexity index is 792. The van der Waals surface area contributed by atoms with E-state index in [2.05, 4.69) is 4.98 Å². The van der Waals surface area contributed by atoms with Gasteiger partial charge < -0.3 is 4.42 Å². The molecule has 0 unspecified atom stereocenters. The predicted octanol–water partition coefficient (Wildman–Crippen LogP) is 3.49. The normalized spacial score (nSPS) is 11.7. The molecule has 0 amide bonds. The zero-order valence-electron chi connectivity index (χ0n) is 10.4. The number of fused-ring (bicyclic) bond motifs is 1. The molecule has 20 heavy (non-hydrogen) atoms. The number of pyridine rings is 1. The molecule has 3 rings (SSSR count). The van der Waals surface area contributed by atoms with Gasteiger partial charge in [0.1, 0.15) is 11.3 Å². The van der Waals surface area contributed by atoms with E-state index in [-0.39, 0.29) is 0 Å². The Morgan fingerprint density at radius 2 is 2.00 bits per heavy atom. The van der Waals surface area contributed by atoms with Gasteiger partial charge in [-0.25, -0.2) is 4.98 Å². The average Bonchev–Trinajstić information content (AvgIpc) is 2.98. The second kappa shape index (κ2) is 4.97. The molecule has 98 valence electrons. The first kappa shape index (κ1) is 12.1. The lowest BCUT2D eigenvalue weighted by molar-refractivity contribution is -0.401. The standard InChI is InChI=1S/C15H10N2O3/c18-17(19)10-12(15-6-3-9-20-15)14-8-7-11-4-1-2-5-13(11)16-14/h1-10H. The fourth-order valence-electron chi connectivity index (χ4n) is 2.01. The van der Waals surface area contributed by atoms with E-state index in [0.29, 0.717) is 17.0 Å². The van der Waals surface area contributed by atoms with E-state index in [9.17, 15) is 10.1 Å². The van der Waals surface area contributed by atoms with Crippen LogP contribution in [0, 0.1) is 10.1 Å². The van der Waals surface area contributed by atoms with Crippen LogP contribution in [-0.2, 0) is 0 Å². The third-order valence-corrected chi connectivity index (χ3v) is 2.90. The number of hydrogen-bond acceptors (Lipinski definition) is 4. The van der Waals surface area contributed by atoms with Crippen molar-refractivity contribution in [1.29, 1.82) is 0 Å². The van der Waals surface area contributed by atoms with E-state index in [4.69, 9.17) is 4.42 Å². The van der Waals surface area contributed by atoms with Crippen molar-refractivity contribution in [3.05, 3.63) is 82.6 Å². The molecule has 2 heterocycles. The molecule has 0 radical (unpaired) electrons. The lowest BCUT2D eigenvalue weighted by Gasteiger charge is -2.03. The molecule has 1 aromatic carbocycles. The molecule has 0 N–H and O–H groups in total. The van der Waals surface area contributed by atoms with Crippen LogP contribution in [0.15, 0.2) is 65.4 Å². The smallest absolute Gasteiger partial charge is 0.247 e. The van der Waals surface area contributed by atoms with Gasteiger partial charge in [0.05, 0.1) is 22.4 Å². The van der Waals surface area contributed by atoms with Gasteiger partial charge in [0.25, 0.3) is 0 Å². The summed E-state index contributed by atoms with van der Waals surface area (Å²) in [5.74, 6) is 0.421. The van der Waals surface area contributed by atoms with Gasteiger partial charge in [0.2, 0.25) is 6.20 Å². The molecule has 0 aliphatic rings. The maximum absolute atomic E-state index is 10.8. The van der Waals surface area contributed by atoms with Crippen LogP contribution in [0.5, 0.6) is 0 Å². The Morgan fingerprint density at radius 1 is 1.15 bits per heavy atom. The molecule has 0 aliphatic heterocycles. The molecular weight excluding hydrogens is 256 g/mol. The first-order valence-electron chi connectivity index (χ1n) is 5.99. The van der Waals surface area contributed by atoms with Gasteiger partial charge in [-0.2, -0.15) is 0 Å². The minimum absolute atomic E-state index is 0.353. The summed E-state index contributed by atoms with van der Waals surface area (Å²) < 4.78 is 5.25. The second-order valence-electron chi connectivity index (χ2n) is 4.19. The number of nitrogens with zero attached hydrogens (tertiary/aromatic N) is 2. The second-order valence-corrected chi connectivity index (χ2v) is 4.19. The van der Waals surface area contributed by atoms with Crippen molar-refractivity contribution < 1.29 is 9.34 Å². The largest absolute Gasteiger partial charge is 0.464 e. The maximum atomic E-state index is 10.8. The number of aromatic nitrogens is 1. The zero-order chi connectivity index (χ0) is 13.9. The number of rotatable bonds is 3. The Morgan fingerprint density at radius 3 is 2.75 bits per heavy atom. The maximum Gasteiger partial charge on any atom is 0.247 e. The summed E-state index contributed by atoms with van der Waals surface area (Å²) in [6.45, 7) is 0. The van der Waals surface area contributed by atoms with Crippen LogP contribution in [0.1, 0.15) is 11.5 Å². The van der Waals surface area contributed by atoms with E-state index in [1.165, 1.54) is 6.26 Å². The summed E-state index contributed by atoms with van der Waals surface area (Å²) in [6, 6.07) is 14.6.